The van der Waals surface area contributed by atoms with Crippen LogP contribution in [0.5, 0.6) is 0 Å². The van der Waals surface area contributed by atoms with Crippen LogP contribution < -0.4 is 16.0 Å². The molecule has 0 aliphatic carbocycles. The van der Waals surface area contributed by atoms with Crippen molar-refractivity contribution in [2.75, 3.05) is 39.3 Å². The van der Waals surface area contributed by atoms with Gasteiger partial charge in [-0.25, -0.2) is 0 Å². The second-order valence-electron chi connectivity index (χ2n) is 3.81. The lowest BCUT2D eigenvalue weighted by Crippen LogP contribution is -2.63. The first-order valence-corrected chi connectivity index (χ1v) is 4.54. The van der Waals surface area contributed by atoms with Gasteiger partial charge in [0.2, 0.25) is 0 Å². The van der Waals surface area contributed by atoms with Gasteiger partial charge in [0.1, 0.15) is 0 Å². The van der Waals surface area contributed by atoms with E-state index in [1.54, 1.807) is 0 Å². The molecule has 2 saturated heterocycles. The largest absolute Gasteiger partial charge is 0.316 e. The van der Waals surface area contributed by atoms with E-state index < -0.39 is 0 Å². The summed E-state index contributed by atoms with van der Waals surface area (Å²) >= 11 is 0. The van der Waals surface area contributed by atoms with E-state index in [0.717, 1.165) is 0 Å². The van der Waals surface area contributed by atoms with Crippen molar-refractivity contribution in [3.8, 4) is 0 Å². The molecule has 0 atom stereocenters. The van der Waals surface area contributed by atoms with Gasteiger partial charge in [-0.2, -0.15) is 0 Å². The van der Waals surface area contributed by atoms with E-state index in [1.807, 2.05) is 0 Å². The summed E-state index contributed by atoms with van der Waals surface area (Å²) in [6.07, 6.45) is 1.27. The SMILES string of the molecule is C1CNCC2(CNC1)CNC2. The molecule has 0 aromatic heterocycles. The zero-order valence-electron chi connectivity index (χ0n) is 6.95. The molecule has 11 heavy (non-hydrogen) atoms. The highest BCUT2D eigenvalue weighted by Crippen LogP contribution is 2.20. The third kappa shape index (κ3) is 1.55. The molecular weight excluding hydrogens is 138 g/mol. The molecule has 0 unspecified atom stereocenters. The Morgan fingerprint density at radius 3 is 1.73 bits per heavy atom. The van der Waals surface area contributed by atoms with Gasteiger partial charge in [0.25, 0.3) is 0 Å². The lowest BCUT2D eigenvalue weighted by atomic mass is 9.81. The fourth-order valence-electron chi connectivity index (χ4n) is 1.84. The van der Waals surface area contributed by atoms with Gasteiger partial charge < -0.3 is 16.0 Å². The minimum Gasteiger partial charge on any atom is -0.316 e. The van der Waals surface area contributed by atoms with E-state index in [4.69, 9.17) is 0 Å². The third-order valence-electron chi connectivity index (χ3n) is 2.71. The van der Waals surface area contributed by atoms with Crippen molar-refractivity contribution in [2.45, 2.75) is 6.42 Å². The van der Waals surface area contributed by atoms with E-state index in [-0.39, 0.29) is 0 Å². The standard InChI is InChI=1S/C8H17N3/c1-2-9-4-8(5-10-3-1)6-11-7-8/h9-11H,1-7H2. The van der Waals surface area contributed by atoms with Gasteiger partial charge in [0, 0.05) is 31.6 Å². The molecule has 0 aromatic rings. The highest BCUT2D eigenvalue weighted by Gasteiger charge is 2.36. The van der Waals surface area contributed by atoms with E-state index in [2.05, 4.69) is 16.0 Å². The average molecular weight is 155 g/mol. The van der Waals surface area contributed by atoms with Crippen LogP contribution in [0.2, 0.25) is 0 Å². The quantitative estimate of drug-likeness (QED) is 0.427. The Bertz CT molecular complexity index is 121. The lowest BCUT2D eigenvalue weighted by Gasteiger charge is -2.44. The van der Waals surface area contributed by atoms with Gasteiger partial charge in [0.15, 0.2) is 0 Å². The van der Waals surface area contributed by atoms with Crippen molar-refractivity contribution in [1.29, 1.82) is 0 Å². The van der Waals surface area contributed by atoms with Crippen molar-refractivity contribution in [2.24, 2.45) is 5.41 Å². The minimum atomic E-state index is 0.542. The molecule has 0 saturated carbocycles. The number of rotatable bonds is 0. The van der Waals surface area contributed by atoms with Gasteiger partial charge >= 0.3 is 0 Å². The van der Waals surface area contributed by atoms with Crippen molar-refractivity contribution in [3.63, 3.8) is 0 Å². The molecule has 0 aromatic carbocycles. The Kier molecular flexibility index (Phi) is 2.11. The third-order valence-corrected chi connectivity index (χ3v) is 2.71. The molecule has 0 bridgehead atoms. The molecule has 0 amide bonds. The van der Waals surface area contributed by atoms with Crippen molar-refractivity contribution >= 4 is 0 Å². The lowest BCUT2D eigenvalue weighted by molar-refractivity contribution is 0.151. The Labute approximate surface area is 67.9 Å². The van der Waals surface area contributed by atoms with E-state index in [0.29, 0.717) is 5.41 Å². The summed E-state index contributed by atoms with van der Waals surface area (Å²) < 4.78 is 0. The summed E-state index contributed by atoms with van der Waals surface area (Å²) in [5.74, 6) is 0. The zero-order chi connectivity index (χ0) is 7.57. The molecule has 2 aliphatic heterocycles. The second kappa shape index (κ2) is 3.09. The molecule has 3 heteroatoms. The monoisotopic (exact) mass is 155 g/mol. The Morgan fingerprint density at radius 2 is 1.27 bits per heavy atom. The summed E-state index contributed by atoms with van der Waals surface area (Å²) in [6.45, 7) is 7.10. The van der Waals surface area contributed by atoms with Gasteiger partial charge in [-0.1, -0.05) is 0 Å². The maximum atomic E-state index is 3.50. The maximum Gasteiger partial charge on any atom is 0.0202 e. The van der Waals surface area contributed by atoms with Crippen LogP contribution in [0.15, 0.2) is 0 Å². The second-order valence-corrected chi connectivity index (χ2v) is 3.81. The van der Waals surface area contributed by atoms with Crippen molar-refractivity contribution in [1.82, 2.24) is 16.0 Å². The molecular formula is C8H17N3. The van der Waals surface area contributed by atoms with Crippen LogP contribution in [0.25, 0.3) is 0 Å². The summed E-state index contributed by atoms with van der Waals surface area (Å²) in [5.41, 5.74) is 0.542. The van der Waals surface area contributed by atoms with Crippen LogP contribution in [0, 0.1) is 5.41 Å². The van der Waals surface area contributed by atoms with Crippen LogP contribution in [0.3, 0.4) is 0 Å². The van der Waals surface area contributed by atoms with E-state index in [9.17, 15) is 0 Å². The number of hydrogen-bond acceptors (Lipinski definition) is 3. The average Bonchev–Trinajstić information content (AvgIpc) is 1.82. The van der Waals surface area contributed by atoms with Crippen LogP contribution in [-0.2, 0) is 0 Å². The van der Waals surface area contributed by atoms with Crippen LogP contribution in [0.1, 0.15) is 6.42 Å². The molecule has 2 rings (SSSR count). The Balaban J connectivity index is 1.86. The number of nitrogens with one attached hydrogen (secondary N) is 3. The van der Waals surface area contributed by atoms with Gasteiger partial charge in [-0.15, -0.1) is 0 Å². The first-order valence-electron chi connectivity index (χ1n) is 4.54. The van der Waals surface area contributed by atoms with Crippen LogP contribution in [0.4, 0.5) is 0 Å². The van der Waals surface area contributed by atoms with E-state index in [1.165, 1.54) is 45.7 Å². The molecule has 2 heterocycles. The normalized spacial score (nSPS) is 30.5. The minimum absolute atomic E-state index is 0.542. The van der Waals surface area contributed by atoms with Gasteiger partial charge in [-0.3, -0.25) is 0 Å². The molecule has 3 nitrogen and oxygen atoms in total. The van der Waals surface area contributed by atoms with Gasteiger partial charge in [-0.05, 0) is 19.5 Å². The first-order chi connectivity index (χ1) is 5.41. The molecule has 64 valence electrons. The molecule has 3 N–H and O–H groups in total. The van der Waals surface area contributed by atoms with E-state index >= 15 is 0 Å². The maximum absolute atomic E-state index is 3.50. The number of hydrogen-bond donors (Lipinski definition) is 3. The van der Waals surface area contributed by atoms with Crippen LogP contribution in [-0.4, -0.2) is 39.3 Å². The van der Waals surface area contributed by atoms with Gasteiger partial charge in [0.05, 0.1) is 0 Å². The predicted molar refractivity (Wildman–Crippen MR) is 45.7 cm³/mol. The van der Waals surface area contributed by atoms with Crippen molar-refractivity contribution < 1.29 is 0 Å². The summed E-state index contributed by atoms with van der Waals surface area (Å²) in [7, 11) is 0. The topological polar surface area (TPSA) is 36.1 Å². The molecule has 0 radical (unpaired) electrons. The zero-order valence-corrected chi connectivity index (χ0v) is 6.95. The summed E-state index contributed by atoms with van der Waals surface area (Å²) in [5, 5.41) is 10.3. The fraction of sp³-hybridized carbons (Fsp3) is 1.00. The Morgan fingerprint density at radius 1 is 0.727 bits per heavy atom. The highest BCUT2D eigenvalue weighted by molar-refractivity contribution is 4.96. The first kappa shape index (κ1) is 7.53. The summed E-state index contributed by atoms with van der Waals surface area (Å²) in [4.78, 5) is 0. The Hall–Kier alpha value is -0.120. The smallest absolute Gasteiger partial charge is 0.0202 e. The van der Waals surface area contributed by atoms with Crippen LogP contribution >= 0.6 is 0 Å². The van der Waals surface area contributed by atoms with Crippen molar-refractivity contribution in [3.05, 3.63) is 0 Å². The molecule has 2 fully saturated rings. The highest BCUT2D eigenvalue weighted by atomic mass is 15.1. The fourth-order valence-corrected chi connectivity index (χ4v) is 1.84. The molecule has 1 spiro atoms. The predicted octanol–water partition coefficient (Wildman–Crippen LogP) is -0.841. The summed E-state index contributed by atoms with van der Waals surface area (Å²) in [6, 6.07) is 0. The molecule has 2 aliphatic rings.